The van der Waals surface area contributed by atoms with E-state index in [1.165, 1.54) is 6.07 Å². The average molecular weight is 243 g/mol. The first-order chi connectivity index (χ1) is 8.76. The molecule has 2 N–H and O–H groups in total. The van der Waals surface area contributed by atoms with Crippen molar-refractivity contribution < 1.29 is 4.74 Å². The maximum absolute atomic E-state index is 10.9. The molecule has 0 fully saturated rings. The summed E-state index contributed by atoms with van der Waals surface area (Å²) in [6, 6.07) is 6.55. The van der Waals surface area contributed by atoms with Crippen LogP contribution in [0.3, 0.4) is 0 Å². The summed E-state index contributed by atoms with van der Waals surface area (Å²) in [6.07, 6.45) is 0. The van der Waals surface area contributed by atoms with E-state index in [0.717, 1.165) is 5.52 Å². The summed E-state index contributed by atoms with van der Waals surface area (Å²) in [5.41, 5.74) is 1.61. The number of hydrogen-bond donors (Lipinski definition) is 2. The molecule has 3 aromatic heterocycles. The Morgan fingerprint density at radius 1 is 1.17 bits per heavy atom. The second-order valence-corrected chi connectivity index (χ2v) is 3.62. The number of fused-ring (bicyclic) bond motifs is 1. The summed E-state index contributed by atoms with van der Waals surface area (Å²) >= 11 is 0. The highest BCUT2D eigenvalue weighted by atomic mass is 16.5. The van der Waals surface area contributed by atoms with Crippen LogP contribution in [0, 0.1) is 0 Å². The quantitative estimate of drug-likeness (QED) is 0.691. The van der Waals surface area contributed by atoms with Crippen LogP contribution >= 0.6 is 0 Å². The fourth-order valence-electron chi connectivity index (χ4n) is 1.59. The first kappa shape index (κ1) is 10.5. The second-order valence-electron chi connectivity index (χ2n) is 3.62. The molecule has 0 atom stereocenters. The Morgan fingerprint density at radius 2 is 2.06 bits per heavy atom. The molecule has 0 aliphatic rings. The molecule has 0 aliphatic heterocycles. The lowest BCUT2D eigenvalue weighted by atomic mass is 10.4. The minimum Gasteiger partial charge on any atom is -0.481 e. The van der Waals surface area contributed by atoms with Crippen molar-refractivity contribution in [3.8, 4) is 17.4 Å². The SMILES string of the molecule is COc1ccc2[nH]c(-c3ccc(=O)[nH]n3)nc2n1. The summed E-state index contributed by atoms with van der Waals surface area (Å²) < 4.78 is 5.02. The van der Waals surface area contributed by atoms with Crippen molar-refractivity contribution in [2.75, 3.05) is 7.11 Å². The third-order valence-electron chi connectivity index (χ3n) is 2.45. The second kappa shape index (κ2) is 3.95. The molecule has 3 aromatic rings. The monoisotopic (exact) mass is 243 g/mol. The number of nitrogens with zero attached hydrogens (tertiary/aromatic N) is 3. The van der Waals surface area contributed by atoms with Crippen molar-refractivity contribution in [1.82, 2.24) is 25.1 Å². The number of aromatic amines is 2. The number of pyridine rings is 1. The molecule has 0 unspecified atom stereocenters. The molecule has 0 radical (unpaired) electrons. The van der Waals surface area contributed by atoms with Crippen LogP contribution in [0.2, 0.25) is 0 Å². The number of ether oxygens (including phenoxy) is 1. The molecule has 0 aliphatic carbocycles. The fraction of sp³-hybridized carbons (Fsp3) is 0.0909. The number of H-pyrrole nitrogens is 2. The lowest BCUT2D eigenvalue weighted by Gasteiger charge is -1.95. The van der Waals surface area contributed by atoms with Crippen molar-refractivity contribution in [3.05, 3.63) is 34.6 Å². The Kier molecular flexibility index (Phi) is 2.30. The van der Waals surface area contributed by atoms with E-state index >= 15 is 0 Å². The van der Waals surface area contributed by atoms with Crippen LogP contribution in [0.4, 0.5) is 0 Å². The molecule has 0 spiro atoms. The Hall–Kier alpha value is -2.70. The van der Waals surface area contributed by atoms with Crippen molar-refractivity contribution in [2.24, 2.45) is 0 Å². The predicted molar refractivity (Wildman–Crippen MR) is 64.3 cm³/mol. The van der Waals surface area contributed by atoms with Gasteiger partial charge >= 0.3 is 0 Å². The van der Waals surface area contributed by atoms with Crippen LogP contribution in [0.5, 0.6) is 5.88 Å². The largest absolute Gasteiger partial charge is 0.481 e. The Morgan fingerprint density at radius 3 is 2.78 bits per heavy atom. The summed E-state index contributed by atoms with van der Waals surface area (Å²) in [4.78, 5) is 22.5. The minimum absolute atomic E-state index is 0.255. The Balaban J connectivity index is 2.12. The van der Waals surface area contributed by atoms with Gasteiger partial charge in [-0.3, -0.25) is 4.79 Å². The minimum atomic E-state index is -0.255. The molecular formula is C11H9N5O2. The van der Waals surface area contributed by atoms with Crippen LogP contribution in [0.15, 0.2) is 29.1 Å². The number of imidazole rings is 1. The fourth-order valence-corrected chi connectivity index (χ4v) is 1.59. The molecular weight excluding hydrogens is 234 g/mol. The number of nitrogens with one attached hydrogen (secondary N) is 2. The van der Waals surface area contributed by atoms with E-state index in [4.69, 9.17) is 4.74 Å². The van der Waals surface area contributed by atoms with Gasteiger partial charge in [0.1, 0.15) is 5.69 Å². The van der Waals surface area contributed by atoms with Crippen LogP contribution in [-0.2, 0) is 0 Å². The van der Waals surface area contributed by atoms with Crippen molar-refractivity contribution >= 4 is 11.2 Å². The van der Waals surface area contributed by atoms with E-state index < -0.39 is 0 Å². The van der Waals surface area contributed by atoms with Gasteiger partial charge in [-0.2, -0.15) is 10.1 Å². The molecule has 3 heterocycles. The van der Waals surface area contributed by atoms with Gasteiger partial charge < -0.3 is 9.72 Å². The molecule has 0 bridgehead atoms. The van der Waals surface area contributed by atoms with E-state index in [0.29, 0.717) is 23.0 Å². The molecule has 0 amide bonds. The van der Waals surface area contributed by atoms with Gasteiger partial charge in [-0.05, 0) is 12.1 Å². The zero-order valence-electron chi connectivity index (χ0n) is 9.47. The summed E-state index contributed by atoms with van der Waals surface area (Å²) in [6.45, 7) is 0. The molecule has 90 valence electrons. The van der Waals surface area contributed by atoms with Crippen LogP contribution in [0.1, 0.15) is 0 Å². The first-order valence-electron chi connectivity index (χ1n) is 5.23. The standard InChI is InChI=1S/C11H9N5O2/c1-18-9-5-3-6-10(13-9)14-11(12-6)7-2-4-8(17)16-15-7/h2-5H,1H3,(H,16,17)(H,12,13,14). The number of methoxy groups -OCH3 is 1. The van der Waals surface area contributed by atoms with Crippen LogP contribution in [-0.4, -0.2) is 32.3 Å². The van der Waals surface area contributed by atoms with Crippen molar-refractivity contribution in [1.29, 1.82) is 0 Å². The van der Waals surface area contributed by atoms with Crippen molar-refractivity contribution in [3.63, 3.8) is 0 Å². The predicted octanol–water partition coefficient (Wildman–Crippen LogP) is 0.717. The Bertz CT molecular complexity index is 741. The molecule has 3 rings (SSSR count). The van der Waals surface area contributed by atoms with Crippen LogP contribution in [0.25, 0.3) is 22.7 Å². The maximum atomic E-state index is 10.9. The third-order valence-corrected chi connectivity index (χ3v) is 2.45. The van der Waals surface area contributed by atoms with E-state index in [-0.39, 0.29) is 5.56 Å². The summed E-state index contributed by atoms with van der Waals surface area (Å²) in [5.74, 6) is 1.04. The zero-order valence-corrected chi connectivity index (χ0v) is 9.47. The molecule has 0 aromatic carbocycles. The van der Waals surface area contributed by atoms with Gasteiger partial charge in [0.2, 0.25) is 5.88 Å². The van der Waals surface area contributed by atoms with Gasteiger partial charge in [0, 0.05) is 12.1 Å². The molecule has 0 saturated heterocycles. The topological polar surface area (TPSA) is 96.6 Å². The van der Waals surface area contributed by atoms with Gasteiger partial charge in [-0.1, -0.05) is 0 Å². The maximum Gasteiger partial charge on any atom is 0.264 e. The highest BCUT2D eigenvalue weighted by Gasteiger charge is 2.08. The smallest absolute Gasteiger partial charge is 0.264 e. The van der Waals surface area contributed by atoms with E-state index in [9.17, 15) is 4.79 Å². The summed E-state index contributed by atoms with van der Waals surface area (Å²) in [7, 11) is 1.55. The highest BCUT2D eigenvalue weighted by molar-refractivity contribution is 5.75. The lowest BCUT2D eigenvalue weighted by Crippen LogP contribution is -2.05. The Labute approximate surface area is 101 Å². The van der Waals surface area contributed by atoms with Crippen molar-refractivity contribution in [2.45, 2.75) is 0 Å². The normalized spacial score (nSPS) is 10.7. The number of hydrogen-bond acceptors (Lipinski definition) is 5. The molecule has 7 heteroatoms. The van der Waals surface area contributed by atoms with E-state index in [2.05, 4.69) is 25.1 Å². The molecule has 18 heavy (non-hydrogen) atoms. The number of aromatic nitrogens is 5. The third kappa shape index (κ3) is 1.71. The zero-order chi connectivity index (χ0) is 12.5. The van der Waals surface area contributed by atoms with E-state index in [1.807, 2.05) is 6.07 Å². The molecule has 7 nitrogen and oxygen atoms in total. The highest BCUT2D eigenvalue weighted by Crippen LogP contribution is 2.18. The van der Waals surface area contributed by atoms with E-state index in [1.54, 1.807) is 19.2 Å². The lowest BCUT2D eigenvalue weighted by molar-refractivity contribution is 0.399. The van der Waals surface area contributed by atoms with Gasteiger partial charge in [-0.25, -0.2) is 10.1 Å². The van der Waals surface area contributed by atoms with Gasteiger partial charge in [-0.15, -0.1) is 0 Å². The van der Waals surface area contributed by atoms with Gasteiger partial charge in [0.25, 0.3) is 5.56 Å². The first-order valence-corrected chi connectivity index (χ1v) is 5.23. The number of rotatable bonds is 2. The average Bonchev–Trinajstić information content (AvgIpc) is 2.82. The summed E-state index contributed by atoms with van der Waals surface area (Å²) in [5, 5.41) is 6.25. The molecule has 0 saturated carbocycles. The van der Waals surface area contributed by atoms with Crippen LogP contribution < -0.4 is 10.3 Å². The van der Waals surface area contributed by atoms with Gasteiger partial charge in [0.15, 0.2) is 11.5 Å². The van der Waals surface area contributed by atoms with Gasteiger partial charge in [0.05, 0.1) is 12.6 Å².